The molecule has 6 nitrogen and oxygen atoms in total. The number of ether oxygens (including phenoxy) is 1. The van der Waals surface area contributed by atoms with E-state index in [9.17, 15) is 0 Å². The van der Waals surface area contributed by atoms with Crippen LogP contribution in [0.5, 0.6) is 0 Å². The molecule has 0 aromatic carbocycles. The molecule has 2 rings (SSSR count). The summed E-state index contributed by atoms with van der Waals surface area (Å²) < 4.78 is 5.01. The van der Waals surface area contributed by atoms with Crippen LogP contribution in [-0.4, -0.2) is 48.4 Å². The summed E-state index contributed by atoms with van der Waals surface area (Å²) in [6.45, 7) is 7.88. The molecule has 1 aromatic heterocycles. The van der Waals surface area contributed by atoms with E-state index in [1.165, 1.54) is 12.8 Å². The van der Waals surface area contributed by atoms with Crippen molar-refractivity contribution < 1.29 is 4.74 Å². The number of thiocarbonyl (C=S) groups is 1. The second-order valence-electron chi connectivity index (χ2n) is 6.09. The third kappa shape index (κ3) is 5.91. The lowest BCUT2D eigenvalue weighted by Crippen LogP contribution is -2.34. The molecule has 0 bridgehead atoms. The minimum Gasteiger partial charge on any atom is -0.385 e. The quantitative estimate of drug-likeness (QED) is 0.610. The van der Waals surface area contributed by atoms with E-state index in [1.807, 2.05) is 13.0 Å². The van der Waals surface area contributed by atoms with Gasteiger partial charge in [-0.3, -0.25) is 0 Å². The highest BCUT2D eigenvalue weighted by Crippen LogP contribution is 2.22. The Morgan fingerprint density at radius 1 is 1.39 bits per heavy atom. The summed E-state index contributed by atoms with van der Waals surface area (Å²) in [7, 11) is 1.69. The molecule has 1 saturated heterocycles. The fourth-order valence-electron chi connectivity index (χ4n) is 2.57. The third-order valence-corrected chi connectivity index (χ3v) is 4.23. The number of piperidine rings is 1. The first-order valence-corrected chi connectivity index (χ1v) is 8.63. The zero-order chi connectivity index (χ0) is 16.7. The molecule has 23 heavy (non-hydrogen) atoms. The molecule has 2 N–H and O–H groups in total. The fraction of sp³-hybridized carbons (Fsp3) is 0.688. The molecule has 1 fully saturated rings. The van der Waals surface area contributed by atoms with E-state index in [-0.39, 0.29) is 0 Å². The van der Waals surface area contributed by atoms with E-state index in [0.717, 1.165) is 43.5 Å². The van der Waals surface area contributed by atoms with Gasteiger partial charge in [-0.25, -0.2) is 4.98 Å². The lowest BCUT2D eigenvalue weighted by Gasteiger charge is -2.31. The van der Waals surface area contributed by atoms with Crippen molar-refractivity contribution in [3.63, 3.8) is 0 Å². The van der Waals surface area contributed by atoms with Crippen molar-refractivity contribution in [3.05, 3.63) is 11.8 Å². The summed E-state index contributed by atoms with van der Waals surface area (Å²) in [5, 5.41) is 6.76. The molecule has 1 aliphatic rings. The number of nitrogens with zero attached hydrogens (tertiary/aromatic N) is 3. The highest BCUT2D eigenvalue weighted by molar-refractivity contribution is 7.80. The SMILES string of the molecule is COCCCNC(=S)Nc1nc(C)cc(N2CCC(C)CC2)n1. The number of nitrogens with one attached hydrogen (secondary N) is 2. The number of methoxy groups -OCH3 is 1. The Bertz CT molecular complexity index is 517. The molecule has 0 radical (unpaired) electrons. The molecule has 0 aliphatic carbocycles. The topological polar surface area (TPSA) is 62.3 Å². The molecule has 2 heterocycles. The zero-order valence-electron chi connectivity index (χ0n) is 14.3. The third-order valence-electron chi connectivity index (χ3n) is 3.98. The van der Waals surface area contributed by atoms with E-state index in [2.05, 4.69) is 32.4 Å². The lowest BCUT2D eigenvalue weighted by atomic mass is 9.99. The second-order valence-corrected chi connectivity index (χ2v) is 6.50. The van der Waals surface area contributed by atoms with E-state index in [1.54, 1.807) is 7.11 Å². The number of rotatable bonds is 6. The second kappa shape index (κ2) is 8.98. The van der Waals surface area contributed by atoms with Crippen LogP contribution in [0.4, 0.5) is 11.8 Å². The van der Waals surface area contributed by atoms with Crippen LogP contribution in [0.2, 0.25) is 0 Å². The summed E-state index contributed by atoms with van der Waals surface area (Å²) in [5.41, 5.74) is 0.943. The minimum absolute atomic E-state index is 0.546. The van der Waals surface area contributed by atoms with E-state index < -0.39 is 0 Å². The molecule has 0 saturated carbocycles. The van der Waals surface area contributed by atoms with E-state index in [4.69, 9.17) is 17.0 Å². The van der Waals surface area contributed by atoms with Gasteiger partial charge in [-0.2, -0.15) is 4.98 Å². The maximum Gasteiger partial charge on any atom is 0.231 e. The van der Waals surface area contributed by atoms with Crippen molar-refractivity contribution in [2.24, 2.45) is 5.92 Å². The van der Waals surface area contributed by atoms with Gasteiger partial charge in [0.25, 0.3) is 0 Å². The van der Waals surface area contributed by atoms with Crippen LogP contribution >= 0.6 is 12.2 Å². The van der Waals surface area contributed by atoms with Gasteiger partial charge in [-0.05, 0) is 44.3 Å². The Balaban J connectivity index is 1.93. The van der Waals surface area contributed by atoms with Gasteiger partial charge in [-0.1, -0.05) is 6.92 Å². The summed E-state index contributed by atoms with van der Waals surface area (Å²) >= 11 is 5.29. The standard InChI is InChI=1S/C16H27N5OS/c1-12-5-8-21(9-6-12)14-11-13(2)18-15(19-14)20-16(23)17-7-4-10-22-3/h11-12H,4-10H2,1-3H3,(H2,17,18,19,20,23). The van der Waals surface area contributed by atoms with Gasteiger partial charge in [0.1, 0.15) is 5.82 Å². The first-order valence-electron chi connectivity index (χ1n) is 8.23. The zero-order valence-corrected chi connectivity index (χ0v) is 15.1. The molecule has 0 unspecified atom stereocenters. The maximum absolute atomic E-state index is 5.29. The summed E-state index contributed by atoms with van der Waals surface area (Å²) in [6, 6.07) is 2.04. The van der Waals surface area contributed by atoms with Crippen molar-refractivity contribution >= 4 is 29.1 Å². The van der Waals surface area contributed by atoms with Gasteiger partial charge in [0.05, 0.1) is 0 Å². The van der Waals surface area contributed by atoms with E-state index >= 15 is 0 Å². The molecule has 1 aliphatic heterocycles. The summed E-state index contributed by atoms with van der Waals surface area (Å²) in [5.74, 6) is 2.34. The molecule has 7 heteroatoms. The van der Waals surface area contributed by atoms with Crippen LogP contribution in [0.1, 0.15) is 31.9 Å². The van der Waals surface area contributed by atoms with Crippen molar-refractivity contribution in [2.45, 2.75) is 33.1 Å². The van der Waals surface area contributed by atoms with Crippen LogP contribution in [-0.2, 0) is 4.74 Å². The monoisotopic (exact) mass is 337 g/mol. The minimum atomic E-state index is 0.546. The molecular weight excluding hydrogens is 310 g/mol. The average Bonchev–Trinajstić information content (AvgIpc) is 2.51. The van der Waals surface area contributed by atoms with Gasteiger partial charge in [0, 0.05) is 45.1 Å². The molecule has 128 valence electrons. The molecule has 0 amide bonds. The van der Waals surface area contributed by atoms with Crippen LogP contribution in [0.15, 0.2) is 6.07 Å². The molecular formula is C16H27N5OS. The van der Waals surface area contributed by atoms with Crippen LogP contribution in [0.3, 0.4) is 0 Å². The average molecular weight is 337 g/mol. The number of aryl methyl sites for hydroxylation is 1. The number of anilines is 2. The highest BCUT2D eigenvalue weighted by Gasteiger charge is 2.18. The summed E-state index contributed by atoms with van der Waals surface area (Å²) in [6.07, 6.45) is 3.33. The fourth-order valence-corrected chi connectivity index (χ4v) is 2.77. The highest BCUT2D eigenvalue weighted by atomic mass is 32.1. The largest absolute Gasteiger partial charge is 0.385 e. The Hall–Kier alpha value is -1.47. The van der Waals surface area contributed by atoms with Gasteiger partial charge in [0.2, 0.25) is 5.95 Å². The molecule has 0 spiro atoms. The van der Waals surface area contributed by atoms with Crippen LogP contribution < -0.4 is 15.5 Å². The first-order chi connectivity index (χ1) is 11.1. The lowest BCUT2D eigenvalue weighted by molar-refractivity contribution is 0.196. The maximum atomic E-state index is 5.29. The van der Waals surface area contributed by atoms with Gasteiger partial charge in [-0.15, -0.1) is 0 Å². The van der Waals surface area contributed by atoms with Crippen LogP contribution in [0, 0.1) is 12.8 Å². The van der Waals surface area contributed by atoms with Crippen LogP contribution in [0.25, 0.3) is 0 Å². The summed E-state index contributed by atoms with van der Waals surface area (Å²) in [4.78, 5) is 11.4. The number of hydrogen-bond donors (Lipinski definition) is 2. The Morgan fingerprint density at radius 3 is 2.83 bits per heavy atom. The van der Waals surface area contributed by atoms with Crippen molar-refractivity contribution in [1.29, 1.82) is 0 Å². The number of aromatic nitrogens is 2. The van der Waals surface area contributed by atoms with Crippen molar-refractivity contribution in [2.75, 3.05) is 43.6 Å². The first kappa shape index (κ1) is 17.9. The Labute approximate surface area is 144 Å². The Kier molecular flexibility index (Phi) is 6.98. The predicted octanol–water partition coefficient (Wildman–Crippen LogP) is 2.34. The molecule has 1 aromatic rings. The smallest absolute Gasteiger partial charge is 0.231 e. The van der Waals surface area contributed by atoms with Crippen molar-refractivity contribution in [1.82, 2.24) is 15.3 Å². The van der Waals surface area contributed by atoms with E-state index in [0.29, 0.717) is 17.7 Å². The van der Waals surface area contributed by atoms with Crippen molar-refractivity contribution in [3.8, 4) is 0 Å². The number of hydrogen-bond acceptors (Lipinski definition) is 5. The predicted molar refractivity (Wildman–Crippen MR) is 98.1 cm³/mol. The van der Waals surface area contributed by atoms with Gasteiger partial charge in [0.15, 0.2) is 5.11 Å². The molecule has 0 atom stereocenters. The Morgan fingerprint density at radius 2 is 2.13 bits per heavy atom. The van der Waals surface area contributed by atoms with Gasteiger partial charge < -0.3 is 20.3 Å². The normalized spacial score (nSPS) is 15.5. The van der Waals surface area contributed by atoms with Gasteiger partial charge >= 0.3 is 0 Å².